The summed E-state index contributed by atoms with van der Waals surface area (Å²) >= 11 is 0. The third-order valence-electron chi connectivity index (χ3n) is 4.54. The zero-order chi connectivity index (χ0) is 20.8. The topological polar surface area (TPSA) is 114 Å². The highest BCUT2D eigenvalue weighted by atomic mass is 16.5. The number of carbonyl (C=O) groups excluding carboxylic acids is 4. The number of para-hydroxylation sites is 1. The number of carbonyl (C=O) groups is 4. The number of esters is 1. The molecule has 2 atom stereocenters. The van der Waals surface area contributed by atoms with Crippen LogP contribution in [0.4, 0.5) is 5.69 Å². The summed E-state index contributed by atoms with van der Waals surface area (Å²) < 4.78 is 4.77. The average molecular weight is 395 g/mol. The van der Waals surface area contributed by atoms with Crippen molar-refractivity contribution in [3.8, 4) is 0 Å². The Hall–Kier alpha value is -3.68. The van der Waals surface area contributed by atoms with Gasteiger partial charge in [0.05, 0.1) is 24.8 Å². The molecule has 1 heterocycles. The van der Waals surface area contributed by atoms with Crippen molar-refractivity contribution in [2.75, 3.05) is 12.4 Å². The van der Waals surface area contributed by atoms with Crippen LogP contribution in [0.25, 0.3) is 0 Å². The molecule has 1 aliphatic rings. The van der Waals surface area contributed by atoms with Gasteiger partial charge in [0.1, 0.15) is 12.1 Å². The summed E-state index contributed by atoms with van der Waals surface area (Å²) in [6, 6.07) is 13.8. The monoisotopic (exact) mass is 395 g/mol. The standard InChI is InChI=1S/C21H21N3O5/c1-29-21(28)17(11-13-7-3-2-4-8-13)22-18(25)12-16-20(27)23-15-10-6-5-9-14(15)19(26)24-16/h2-10,16-17H,11-12H2,1H3,(H,22,25)(H,23,27)(H,24,26). The summed E-state index contributed by atoms with van der Waals surface area (Å²) in [5.41, 5.74) is 1.55. The molecule has 0 radical (unpaired) electrons. The highest BCUT2D eigenvalue weighted by Crippen LogP contribution is 2.18. The summed E-state index contributed by atoms with van der Waals surface area (Å²) in [6.07, 6.45) is -0.0677. The highest BCUT2D eigenvalue weighted by molar-refractivity contribution is 6.10. The third kappa shape index (κ3) is 4.98. The minimum absolute atomic E-state index is 0.244. The Morgan fingerprint density at radius 1 is 1.07 bits per heavy atom. The maximum atomic E-state index is 12.5. The van der Waals surface area contributed by atoms with Crippen LogP contribution in [-0.4, -0.2) is 42.9 Å². The van der Waals surface area contributed by atoms with Crippen LogP contribution in [0.3, 0.4) is 0 Å². The number of rotatable bonds is 6. The lowest BCUT2D eigenvalue weighted by Crippen LogP contribution is -2.48. The molecule has 3 N–H and O–H groups in total. The summed E-state index contributed by atoms with van der Waals surface area (Å²) in [4.78, 5) is 49.4. The van der Waals surface area contributed by atoms with E-state index in [0.29, 0.717) is 11.3 Å². The van der Waals surface area contributed by atoms with Gasteiger partial charge in [-0.15, -0.1) is 0 Å². The molecular weight excluding hydrogens is 374 g/mol. The number of hydrogen-bond acceptors (Lipinski definition) is 5. The second-order valence-corrected chi connectivity index (χ2v) is 6.60. The maximum absolute atomic E-state index is 12.5. The number of ether oxygens (including phenoxy) is 1. The first kappa shape index (κ1) is 20.1. The Bertz CT molecular complexity index is 929. The smallest absolute Gasteiger partial charge is 0.328 e. The van der Waals surface area contributed by atoms with E-state index >= 15 is 0 Å². The number of hydrogen-bond donors (Lipinski definition) is 3. The number of nitrogens with one attached hydrogen (secondary N) is 3. The first-order chi connectivity index (χ1) is 14.0. The zero-order valence-corrected chi connectivity index (χ0v) is 15.8. The molecule has 0 aromatic heterocycles. The predicted octanol–water partition coefficient (Wildman–Crippen LogP) is 1.03. The van der Waals surface area contributed by atoms with Crippen molar-refractivity contribution in [1.82, 2.24) is 10.6 Å². The molecule has 0 aliphatic carbocycles. The fraction of sp³-hybridized carbons (Fsp3) is 0.238. The molecule has 0 bridgehead atoms. The van der Waals surface area contributed by atoms with Crippen LogP contribution in [0, 0.1) is 0 Å². The van der Waals surface area contributed by atoms with E-state index in [0.717, 1.165) is 5.56 Å². The Balaban J connectivity index is 1.67. The Kier molecular flexibility index (Phi) is 6.23. The molecule has 2 aromatic carbocycles. The molecule has 1 aliphatic heterocycles. The fourth-order valence-electron chi connectivity index (χ4n) is 3.08. The van der Waals surface area contributed by atoms with E-state index in [1.165, 1.54) is 7.11 Å². The SMILES string of the molecule is COC(=O)C(Cc1ccccc1)NC(=O)CC1NC(=O)c2ccccc2NC1=O. The number of methoxy groups -OCH3 is 1. The van der Waals surface area contributed by atoms with Crippen molar-refractivity contribution in [3.63, 3.8) is 0 Å². The van der Waals surface area contributed by atoms with Gasteiger partial charge >= 0.3 is 5.97 Å². The molecule has 3 amide bonds. The molecular formula is C21H21N3O5. The van der Waals surface area contributed by atoms with Crippen LogP contribution < -0.4 is 16.0 Å². The minimum atomic E-state index is -1.06. The van der Waals surface area contributed by atoms with E-state index in [4.69, 9.17) is 4.74 Å². The van der Waals surface area contributed by atoms with Gasteiger partial charge in [0.15, 0.2) is 0 Å². The van der Waals surface area contributed by atoms with Crippen molar-refractivity contribution >= 4 is 29.4 Å². The molecule has 3 rings (SSSR count). The van der Waals surface area contributed by atoms with Crippen LogP contribution >= 0.6 is 0 Å². The van der Waals surface area contributed by atoms with Crippen molar-refractivity contribution in [1.29, 1.82) is 0 Å². The van der Waals surface area contributed by atoms with Gasteiger partial charge in [-0.25, -0.2) is 4.79 Å². The molecule has 29 heavy (non-hydrogen) atoms. The summed E-state index contributed by atoms with van der Waals surface area (Å²) in [5, 5.41) is 7.79. The van der Waals surface area contributed by atoms with Gasteiger partial charge in [0, 0.05) is 6.42 Å². The second kappa shape index (κ2) is 9.01. The second-order valence-electron chi connectivity index (χ2n) is 6.60. The molecule has 2 aromatic rings. The predicted molar refractivity (Wildman–Crippen MR) is 105 cm³/mol. The Labute approximate surface area is 167 Å². The van der Waals surface area contributed by atoms with E-state index in [9.17, 15) is 19.2 Å². The molecule has 150 valence electrons. The third-order valence-corrected chi connectivity index (χ3v) is 4.54. The largest absolute Gasteiger partial charge is 0.467 e. The van der Waals surface area contributed by atoms with Crippen LogP contribution in [0.15, 0.2) is 54.6 Å². The summed E-state index contributed by atoms with van der Waals surface area (Å²) in [7, 11) is 1.24. The molecule has 8 nitrogen and oxygen atoms in total. The van der Waals surface area contributed by atoms with Crippen molar-refractivity contribution in [2.24, 2.45) is 0 Å². The minimum Gasteiger partial charge on any atom is -0.467 e. The number of amides is 3. The zero-order valence-electron chi connectivity index (χ0n) is 15.8. The van der Waals surface area contributed by atoms with Crippen molar-refractivity contribution in [2.45, 2.75) is 24.9 Å². The van der Waals surface area contributed by atoms with Gasteiger partial charge in [0.2, 0.25) is 11.8 Å². The normalized spacial score (nSPS) is 16.5. The Morgan fingerprint density at radius 2 is 1.76 bits per heavy atom. The quantitative estimate of drug-likeness (QED) is 0.632. The van der Waals surface area contributed by atoms with E-state index in [1.807, 2.05) is 30.3 Å². The van der Waals surface area contributed by atoms with E-state index < -0.39 is 35.8 Å². The van der Waals surface area contributed by atoms with Gasteiger partial charge < -0.3 is 20.7 Å². The lowest BCUT2D eigenvalue weighted by Gasteiger charge is -2.19. The summed E-state index contributed by atoms with van der Waals surface area (Å²) in [6.45, 7) is 0. The summed E-state index contributed by atoms with van der Waals surface area (Å²) in [5.74, 6) is -2.10. The van der Waals surface area contributed by atoms with Crippen LogP contribution in [0.1, 0.15) is 22.3 Å². The van der Waals surface area contributed by atoms with Gasteiger partial charge in [0.25, 0.3) is 5.91 Å². The molecule has 0 saturated heterocycles. The number of fused-ring (bicyclic) bond motifs is 1. The highest BCUT2D eigenvalue weighted by Gasteiger charge is 2.31. The lowest BCUT2D eigenvalue weighted by molar-refractivity contribution is -0.145. The van der Waals surface area contributed by atoms with Gasteiger partial charge in [-0.2, -0.15) is 0 Å². The van der Waals surface area contributed by atoms with Crippen molar-refractivity contribution in [3.05, 3.63) is 65.7 Å². The Morgan fingerprint density at radius 3 is 2.48 bits per heavy atom. The first-order valence-corrected chi connectivity index (χ1v) is 9.10. The molecule has 0 saturated carbocycles. The molecule has 0 fully saturated rings. The van der Waals surface area contributed by atoms with Gasteiger partial charge in [-0.3, -0.25) is 14.4 Å². The average Bonchev–Trinajstić information content (AvgIpc) is 2.84. The molecule has 8 heteroatoms. The molecule has 2 unspecified atom stereocenters. The molecule has 0 spiro atoms. The van der Waals surface area contributed by atoms with Crippen LogP contribution in [0.2, 0.25) is 0 Å². The number of anilines is 1. The van der Waals surface area contributed by atoms with Crippen LogP contribution in [-0.2, 0) is 25.5 Å². The van der Waals surface area contributed by atoms with E-state index in [-0.39, 0.29) is 12.8 Å². The lowest BCUT2D eigenvalue weighted by atomic mass is 10.1. The first-order valence-electron chi connectivity index (χ1n) is 9.10. The van der Waals surface area contributed by atoms with Gasteiger partial charge in [-0.05, 0) is 17.7 Å². The van der Waals surface area contributed by atoms with E-state index in [1.54, 1.807) is 24.3 Å². The fourth-order valence-corrected chi connectivity index (χ4v) is 3.08. The number of benzene rings is 2. The van der Waals surface area contributed by atoms with Crippen molar-refractivity contribution < 1.29 is 23.9 Å². The van der Waals surface area contributed by atoms with Gasteiger partial charge in [-0.1, -0.05) is 42.5 Å². The maximum Gasteiger partial charge on any atom is 0.328 e. The van der Waals surface area contributed by atoms with E-state index in [2.05, 4.69) is 16.0 Å². The van der Waals surface area contributed by atoms with Crippen LogP contribution in [0.5, 0.6) is 0 Å².